The topological polar surface area (TPSA) is 101 Å². The quantitative estimate of drug-likeness (QED) is 0.836. The molecule has 0 saturated carbocycles. The minimum atomic E-state index is -0.563. The number of amides is 1. The summed E-state index contributed by atoms with van der Waals surface area (Å²) in [4.78, 5) is 35.4. The maximum Gasteiger partial charge on any atom is 0.312 e. The predicted octanol–water partition coefficient (Wildman–Crippen LogP) is 0.999. The lowest BCUT2D eigenvalue weighted by Crippen LogP contribution is -2.31. The number of rotatable bonds is 4. The number of aryl methyl sites for hydroxylation is 1. The molecule has 2 heterocycles. The van der Waals surface area contributed by atoms with Crippen LogP contribution in [-0.4, -0.2) is 23.1 Å². The van der Waals surface area contributed by atoms with Crippen LogP contribution in [0.25, 0.3) is 0 Å². The SMILES string of the molecule is Cc1cc2c(c(=O)n1C)C(c1ccc(OCC(N)=O)cc1)CC(=O)O2. The fraction of sp³-hybridized carbons (Fsp3) is 0.278. The number of fused-ring (bicyclic) bond motifs is 1. The normalized spacial score (nSPS) is 16.1. The third-order valence-corrected chi connectivity index (χ3v) is 4.28. The number of pyridine rings is 1. The van der Waals surface area contributed by atoms with Gasteiger partial charge in [0.05, 0.1) is 12.0 Å². The highest BCUT2D eigenvalue weighted by atomic mass is 16.5. The van der Waals surface area contributed by atoms with E-state index in [1.807, 2.05) is 0 Å². The van der Waals surface area contributed by atoms with Crippen molar-refractivity contribution >= 4 is 11.9 Å². The van der Waals surface area contributed by atoms with Crippen LogP contribution in [0.15, 0.2) is 35.1 Å². The van der Waals surface area contributed by atoms with Crippen molar-refractivity contribution in [2.45, 2.75) is 19.3 Å². The van der Waals surface area contributed by atoms with Crippen molar-refractivity contribution in [3.63, 3.8) is 0 Å². The van der Waals surface area contributed by atoms with Gasteiger partial charge in [0.25, 0.3) is 11.5 Å². The molecule has 3 rings (SSSR count). The molecule has 0 aliphatic carbocycles. The van der Waals surface area contributed by atoms with Gasteiger partial charge >= 0.3 is 5.97 Å². The molecule has 25 heavy (non-hydrogen) atoms. The Balaban J connectivity index is 1.99. The van der Waals surface area contributed by atoms with Crippen LogP contribution >= 0.6 is 0 Å². The van der Waals surface area contributed by atoms with Gasteiger partial charge in [-0.25, -0.2) is 0 Å². The molecule has 1 amide bonds. The lowest BCUT2D eigenvalue weighted by Gasteiger charge is -2.25. The lowest BCUT2D eigenvalue weighted by molar-refractivity contribution is -0.135. The van der Waals surface area contributed by atoms with Gasteiger partial charge in [0.2, 0.25) is 0 Å². The third-order valence-electron chi connectivity index (χ3n) is 4.28. The Kier molecular flexibility index (Phi) is 4.31. The van der Waals surface area contributed by atoms with Crippen LogP contribution in [-0.2, 0) is 16.6 Å². The molecule has 1 aromatic carbocycles. The van der Waals surface area contributed by atoms with Crippen LogP contribution in [0.4, 0.5) is 0 Å². The van der Waals surface area contributed by atoms with Gasteiger partial charge in [-0.15, -0.1) is 0 Å². The number of primary amides is 1. The Labute approximate surface area is 144 Å². The lowest BCUT2D eigenvalue weighted by atomic mass is 9.87. The summed E-state index contributed by atoms with van der Waals surface area (Å²) in [5.74, 6) is -0.527. The molecule has 2 N–H and O–H groups in total. The molecular formula is C18H18N2O5. The smallest absolute Gasteiger partial charge is 0.312 e. The van der Waals surface area contributed by atoms with Crippen LogP contribution in [0.3, 0.4) is 0 Å². The van der Waals surface area contributed by atoms with E-state index >= 15 is 0 Å². The van der Waals surface area contributed by atoms with Crippen LogP contribution in [0.5, 0.6) is 11.5 Å². The average Bonchev–Trinajstić information content (AvgIpc) is 2.57. The monoisotopic (exact) mass is 342 g/mol. The van der Waals surface area contributed by atoms with Gasteiger partial charge in [-0.1, -0.05) is 12.1 Å². The number of aromatic nitrogens is 1. The Morgan fingerprint density at radius 2 is 2.00 bits per heavy atom. The summed E-state index contributed by atoms with van der Waals surface area (Å²) in [5, 5.41) is 0. The summed E-state index contributed by atoms with van der Waals surface area (Å²) in [5.41, 5.74) is 6.85. The molecule has 130 valence electrons. The predicted molar refractivity (Wildman–Crippen MR) is 89.6 cm³/mol. The number of hydrogen-bond acceptors (Lipinski definition) is 5. The minimum absolute atomic E-state index is 0.0901. The molecule has 7 nitrogen and oxygen atoms in total. The second-order valence-corrected chi connectivity index (χ2v) is 5.98. The molecule has 2 aromatic rings. The van der Waals surface area contributed by atoms with Gasteiger partial charge in [0.1, 0.15) is 11.5 Å². The summed E-state index contributed by atoms with van der Waals surface area (Å²) >= 11 is 0. The molecule has 0 radical (unpaired) electrons. The molecule has 1 aliphatic rings. The maximum atomic E-state index is 12.7. The van der Waals surface area contributed by atoms with Gasteiger partial charge in [-0.3, -0.25) is 14.4 Å². The van der Waals surface area contributed by atoms with E-state index in [9.17, 15) is 14.4 Å². The highest BCUT2D eigenvalue weighted by Gasteiger charge is 2.32. The summed E-state index contributed by atoms with van der Waals surface area (Å²) in [7, 11) is 1.69. The second-order valence-electron chi connectivity index (χ2n) is 5.98. The van der Waals surface area contributed by atoms with E-state index < -0.39 is 5.91 Å². The Hall–Kier alpha value is -3.09. The van der Waals surface area contributed by atoms with E-state index in [1.165, 1.54) is 4.57 Å². The molecule has 0 fully saturated rings. The van der Waals surface area contributed by atoms with Gasteiger partial charge in [0.15, 0.2) is 6.61 Å². The molecule has 1 atom stereocenters. The van der Waals surface area contributed by atoms with E-state index in [0.29, 0.717) is 22.8 Å². The fourth-order valence-electron chi connectivity index (χ4n) is 2.88. The summed E-state index contributed by atoms with van der Waals surface area (Å²) < 4.78 is 12.0. The number of nitrogens with two attached hydrogens (primary N) is 1. The molecule has 0 spiro atoms. The fourth-order valence-corrected chi connectivity index (χ4v) is 2.88. The van der Waals surface area contributed by atoms with Crippen LogP contribution in [0, 0.1) is 6.92 Å². The van der Waals surface area contributed by atoms with Crippen LogP contribution in [0.1, 0.15) is 29.2 Å². The largest absolute Gasteiger partial charge is 0.484 e. The first kappa shape index (κ1) is 16.8. The number of hydrogen-bond donors (Lipinski definition) is 1. The van der Waals surface area contributed by atoms with Crippen molar-refractivity contribution in [2.24, 2.45) is 12.8 Å². The van der Waals surface area contributed by atoms with E-state index in [2.05, 4.69) is 0 Å². The van der Waals surface area contributed by atoms with Gasteiger partial charge < -0.3 is 19.8 Å². The Morgan fingerprint density at radius 3 is 2.64 bits per heavy atom. The summed E-state index contributed by atoms with van der Waals surface area (Å²) in [6.45, 7) is 1.57. The number of carbonyl (C=O) groups is 2. The molecule has 0 saturated heterocycles. The first-order chi connectivity index (χ1) is 11.9. The summed E-state index contributed by atoms with van der Waals surface area (Å²) in [6.07, 6.45) is 0.0901. The van der Waals surface area contributed by atoms with E-state index in [-0.39, 0.29) is 30.5 Å². The molecule has 7 heteroatoms. The average molecular weight is 342 g/mol. The maximum absolute atomic E-state index is 12.7. The van der Waals surface area contributed by atoms with Crippen molar-refractivity contribution in [2.75, 3.05) is 6.61 Å². The Bertz CT molecular complexity index is 899. The number of nitrogens with zero attached hydrogens (tertiary/aromatic N) is 1. The van der Waals surface area contributed by atoms with E-state index in [0.717, 1.165) is 5.56 Å². The zero-order valence-corrected chi connectivity index (χ0v) is 13.9. The molecule has 1 unspecified atom stereocenters. The molecule has 1 aromatic heterocycles. The minimum Gasteiger partial charge on any atom is -0.484 e. The number of benzene rings is 1. The van der Waals surface area contributed by atoms with Crippen LogP contribution in [0.2, 0.25) is 0 Å². The van der Waals surface area contributed by atoms with E-state index in [4.69, 9.17) is 15.2 Å². The highest BCUT2D eigenvalue weighted by molar-refractivity contribution is 5.77. The second kappa shape index (κ2) is 6.43. The van der Waals surface area contributed by atoms with Crippen molar-refractivity contribution in [3.8, 4) is 11.5 Å². The third kappa shape index (κ3) is 3.26. The zero-order chi connectivity index (χ0) is 18.1. The zero-order valence-electron chi connectivity index (χ0n) is 13.9. The Morgan fingerprint density at radius 1 is 1.32 bits per heavy atom. The van der Waals surface area contributed by atoms with Crippen molar-refractivity contribution in [1.29, 1.82) is 0 Å². The summed E-state index contributed by atoms with van der Waals surface area (Å²) in [6, 6.07) is 8.59. The van der Waals surface area contributed by atoms with Gasteiger partial charge in [-0.05, 0) is 24.6 Å². The first-order valence-electron chi connectivity index (χ1n) is 7.79. The van der Waals surface area contributed by atoms with E-state index in [1.54, 1.807) is 44.3 Å². The van der Waals surface area contributed by atoms with Crippen molar-refractivity contribution < 1.29 is 19.1 Å². The molecule has 1 aliphatic heterocycles. The van der Waals surface area contributed by atoms with Crippen molar-refractivity contribution in [3.05, 3.63) is 57.5 Å². The van der Waals surface area contributed by atoms with Crippen molar-refractivity contribution in [1.82, 2.24) is 4.57 Å². The number of ether oxygens (including phenoxy) is 2. The molecule has 0 bridgehead atoms. The highest BCUT2D eigenvalue weighted by Crippen LogP contribution is 2.37. The standard InChI is InChI=1S/C18H18N2O5/c1-10-7-14-17(18(23)20(10)2)13(8-16(22)25-14)11-3-5-12(6-4-11)24-9-15(19)21/h3-7,13H,8-9H2,1-2H3,(H2,19,21). The first-order valence-corrected chi connectivity index (χ1v) is 7.79. The molecular weight excluding hydrogens is 324 g/mol. The van der Waals surface area contributed by atoms with Gasteiger partial charge in [0, 0.05) is 24.7 Å². The van der Waals surface area contributed by atoms with Gasteiger partial charge in [-0.2, -0.15) is 0 Å². The van der Waals surface area contributed by atoms with Crippen LogP contribution < -0.4 is 20.8 Å². The number of esters is 1. The number of carbonyl (C=O) groups excluding carboxylic acids is 2.